The SMILES string of the molecule is CNC(C)CNC(=O)c1sc(-c2ccc(F)cc2)nc1C. The van der Waals surface area contributed by atoms with Crippen molar-refractivity contribution in [1.29, 1.82) is 0 Å². The molecule has 4 nitrogen and oxygen atoms in total. The number of carbonyl (C=O) groups is 1. The van der Waals surface area contributed by atoms with Crippen LogP contribution in [0.4, 0.5) is 4.39 Å². The van der Waals surface area contributed by atoms with Crippen molar-refractivity contribution in [3.8, 4) is 10.6 Å². The lowest BCUT2D eigenvalue weighted by Crippen LogP contribution is -2.37. The third-order valence-electron chi connectivity index (χ3n) is 3.16. The lowest BCUT2D eigenvalue weighted by Gasteiger charge is -2.10. The standard InChI is InChI=1S/C15H18FN3OS/c1-9(17-3)8-18-14(20)13-10(2)19-15(21-13)11-4-6-12(16)7-5-11/h4-7,9,17H,8H2,1-3H3,(H,18,20). The van der Waals surface area contributed by atoms with Gasteiger partial charge in [0.25, 0.3) is 5.91 Å². The molecule has 0 spiro atoms. The molecule has 0 saturated carbocycles. The molecular formula is C15H18FN3OS. The van der Waals surface area contributed by atoms with E-state index in [-0.39, 0.29) is 17.8 Å². The first kappa shape index (κ1) is 15.6. The van der Waals surface area contributed by atoms with Gasteiger partial charge in [0.2, 0.25) is 0 Å². The van der Waals surface area contributed by atoms with Gasteiger partial charge in [0, 0.05) is 18.2 Å². The van der Waals surface area contributed by atoms with Crippen molar-refractivity contribution in [3.05, 3.63) is 40.7 Å². The van der Waals surface area contributed by atoms with Crippen LogP contribution in [0.3, 0.4) is 0 Å². The summed E-state index contributed by atoms with van der Waals surface area (Å²) in [5.74, 6) is -0.411. The second kappa shape index (κ2) is 6.78. The van der Waals surface area contributed by atoms with Crippen molar-refractivity contribution >= 4 is 17.2 Å². The van der Waals surface area contributed by atoms with E-state index >= 15 is 0 Å². The number of thiazole rings is 1. The van der Waals surface area contributed by atoms with E-state index in [1.165, 1.54) is 23.5 Å². The molecule has 1 heterocycles. The molecule has 1 amide bonds. The minimum absolute atomic E-state index is 0.125. The molecule has 1 aromatic heterocycles. The van der Waals surface area contributed by atoms with Crippen LogP contribution in [-0.4, -0.2) is 30.5 Å². The van der Waals surface area contributed by atoms with Crippen molar-refractivity contribution in [2.75, 3.05) is 13.6 Å². The maximum absolute atomic E-state index is 12.9. The Morgan fingerprint density at radius 1 is 1.38 bits per heavy atom. The van der Waals surface area contributed by atoms with Gasteiger partial charge in [-0.2, -0.15) is 0 Å². The number of carbonyl (C=O) groups excluding carboxylic acids is 1. The number of nitrogens with one attached hydrogen (secondary N) is 2. The van der Waals surface area contributed by atoms with E-state index in [9.17, 15) is 9.18 Å². The minimum atomic E-state index is -0.286. The normalized spacial score (nSPS) is 12.2. The molecule has 1 aromatic carbocycles. The fraction of sp³-hybridized carbons (Fsp3) is 0.333. The second-order valence-corrected chi connectivity index (χ2v) is 5.84. The smallest absolute Gasteiger partial charge is 0.263 e. The van der Waals surface area contributed by atoms with Gasteiger partial charge in [-0.05, 0) is 45.2 Å². The van der Waals surface area contributed by atoms with Gasteiger partial charge in [-0.15, -0.1) is 11.3 Å². The van der Waals surface area contributed by atoms with E-state index in [1.807, 2.05) is 14.0 Å². The summed E-state index contributed by atoms with van der Waals surface area (Å²) in [6.45, 7) is 4.35. The van der Waals surface area contributed by atoms with Gasteiger partial charge in [0.05, 0.1) is 5.69 Å². The van der Waals surface area contributed by atoms with E-state index < -0.39 is 0 Å². The lowest BCUT2D eigenvalue weighted by atomic mass is 10.2. The number of aromatic nitrogens is 1. The summed E-state index contributed by atoms with van der Waals surface area (Å²) in [6.07, 6.45) is 0. The van der Waals surface area contributed by atoms with Gasteiger partial charge < -0.3 is 10.6 Å². The molecular weight excluding hydrogens is 289 g/mol. The third-order valence-corrected chi connectivity index (χ3v) is 4.36. The monoisotopic (exact) mass is 307 g/mol. The summed E-state index contributed by atoms with van der Waals surface area (Å²) < 4.78 is 12.9. The molecule has 0 aliphatic carbocycles. The number of halogens is 1. The first-order valence-electron chi connectivity index (χ1n) is 6.70. The summed E-state index contributed by atoms with van der Waals surface area (Å²) in [7, 11) is 1.85. The van der Waals surface area contributed by atoms with E-state index in [4.69, 9.17) is 0 Å². The Balaban J connectivity index is 2.15. The largest absolute Gasteiger partial charge is 0.350 e. The average molecular weight is 307 g/mol. The van der Waals surface area contributed by atoms with Crippen LogP contribution in [0.1, 0.15) is 22.3 Å². The fourth-order valence-corrected chi connectivity index (χ4v) is 2.74. The molecule has 2 rings (SSSR count). The number of hydrogen-bond donors (Lipinski definition) is 2. The van der Waals surface area contributed by atoms with Crippen LogP contribution in [0.5, 0.6) is 0 Å². The van der Waals surface area contributed by atoms with Crippen molar-refractivity contribution in [2.24, 2.45) is 0 Å². The lowest BCUT2D eigenvalue weighted by molar-refractivity contribution is 0.0954. The van der Waals surface area contributed by atoms with Gasteiger partial charge in [-0.1, -0.05) is 0 Å². The Labute approximate surface area is 127 Å². The molecule has 1 unspecified atom stereocenters. The summed E-state index contributed by atoms with van der Waals surface area (Å²) in [4.78, 5) is 17.1. The maximum atomic E-state index is 12.9. The zero-order valence-corrected chi connectivity index (χ0v) is 13.1. The Hall–Kier alpha value is -1.79. The minimum Gasteiger partial charge on any atom is -0.350 e. The molecule has 2 aromatic rings. The highest BCUT2D eigenvalue weighted by Crippen LogP contribution is 2.27. The molecule has 0 aliphatic heterocycles. The van der Waals surface area contributed by atoms with E-state index in [1.54, 1.807) is 19.1 Å². The van der Waals surface area contributed by atoms with E-state index in [0.717, 1.165) is 10.6 Å². The van der Waals surface area contributed by atoms with Crippen LogP contribution in [0.15, 0.2) is 24.3 Å². The van der Waals surface area contributed by atoms with Gasteiger partial charge in [-0.25, -0.2) is 9.37 Å². The summed E-state index contributed by atoms with van der Waals surface area (Å²) in [6, 6.07) is 6.32. The molecule has 0 radical (unpaired) electrons. The van der Waals surface area contributed by atoms with Crippen LogP contribution in [0.25, 0.3) is 10.6 Å². The van der Waals surface area contributed by atoms with Crippen molar-refractivity contribution < 1.29 is 9.18 Å². The molecule has 2 N–H and O–H groups in total. The second-order valence-electron chi connectivity index (χ2n) is 4.84. The van der Waals surface area contributed by atoms with Crippen molar-refractivity contribution in [2.45, 2.75) is 19.9 Å². The quantitative estimate of drug-likeness (QED) is 0.893. The van der Waals surface area contributed by atoms with Crippen LogP contribution in [0.2, 0.25) is 0 Å². The Kier molecular flexibility index (Phi) is 5.03. The topological polar surface area (TPSA) is 54.0 Å². The molecule has 0 bridgehead atoms. The Morgan fingerprint density at radius 2 is 2.05 bits per heavy atom. The van der Waals surface area contributed by atoms with Gasteiger partial charge in [0.1, 0.15) is 15.7 Å². The highest BCUT2D eigenvalue weighted by atomic mass is 32.1. The number of amides is 1. The first-order valence-corrected chi connectivity index (χ1v) is 7.51. The molecule has 21 heavy (non-hydrogen) atoms. The van der Waals surface area contributed by atoms with E-state index in [0.29, 0.717) is 17.1 Å². The number of nitrogens with zero attached hydrogens (tertiary/aromatic N) is 1. The highest BCUT2D eigenvalue weighted by molar-refractivity contribution is 7.17. The summed E-state index contributed by atoms with van der Waals surface area (Å²) in [5, 5.41) is 6.66. The molecule has 0 fully saturated rings. The summed E-state index contributed by atoms with van der Waals surface area (Å²) in [5.41, 5.74) is 1.50. The average Bonchev–Trinajstić information content (AvgIpc) is 2.87. The number of hydrogen-bond acceptors (Lipinski definition) is 4. The van der Waals surface area contributed by atoms with Gasteiger partial charge in [-0.3, -0.25) is 4.79 Å². The highest BCUT2D eigenvalue weighted by Gasteiger charge is 2.16. The predicted octanol–water partition coefficient (Wildman–Crippen LogP) is 2.60. The molecule has 112 valence electrons. The number of aryl methyl sites for hydroxylation is 1. The molecule has 6 heteroatoms. The predicted molar refractivity (Wildman–Crippen MR) is 83.1 cm³/mol. The zero-order chi connectivity index (χ0) is 15.4. The fourth-order valence-electron chi connectivity index (χ4n) is 1.75. The molecule has 0 saturated heterocycles. The van der Waals surface area contributed by atoms with E-state index in [2.05, 4.69) is 15.6 Å². The number of rotatable bonds is 5. The first-order chi connectivity index (χ1) is 10.0. The van der Waals surface area contributed by atoms with Crippen molar-refractivity contribution in [1.82, 2.24) is 15.6 Å². The van der Waals surface area contributed by atoms with Crippen LogP contribution in [0, 0.1) is 12.7 Å². The van der Waals surface area contributed by atoms with Crippen LogP contribution in [-0.2, 0) is 0 Å². The zero-order valence-electron chi connectivity index (χ0n) is 12.2. The Bertz CT molecular complexity index is 624. The molecule has 0 aliphatic rings. The number of likely N-dealkylation sites (N-methyl/N-ethyl adjacent to an activating group) is 1. The maximum Gasteiger partial charge on any atom is 0.263 e. The molecule has 1 atom stereocenters. The van der Waals surface area contributed by atoms with Crippen LogP contribution >= 0.6 is 11.3 Å². The van der Waals surface area contributed by atoms with Gasteiger partial charge in [0.15, 0.2) is 0 Å². The third kappa shape index (κ3) is 3.86. The van der Waals surface area contributed by atoms with Crippen molar-refractivity contribution in [3.63, 3.8) is 0 Å². The summed E-state index contributed by atoms with van der Waals surface area (Å²) >= 11 is 1.32. The van der Waals surface area contributed by atoms with Crippen LogP contribution < -0.4 is 10.6 Å². The Morgan fingerprint density at radius 3 is 2.67 bits per heavy atom. The number of benzene rings is 1. The van der Waals surface area contributed by atoms with Gasteiger partial charge >= 0.3 is 0 Å².